The van der Waals surface area contributed by atoms with Crippen LogP contribution in [0.2, 0.25) is 0 Å². The Labute approximate surface area is 157 Å². The van der Waals surface area contributed by atoms with Crippen molar-refractivity contribution >= 4 is 28.5 Å². The van der Waals surface area contributed by atoms with Crippen LogP contribution < -0.4 is 10.1 Å². The minimum atomic E-state index is -0.0554. The van der Waals surface area contributed by atoms with Crippen molar-refractivity contribution in [2.24, 2.45) is 0 Å². The molecule has 3 rings (SSSR count). The van der Waals surface area contributed by atoms with Crippen LogP contribution >= 0.6 is 0 Å². The summed E-state index contributed by atoms with van der Waals surface area (Å²) in [4.78, 5) is 9.35. The average molecular weight is 363 g/mol. The lowest BCUT2D eigenvalue weighted by Crippen LogP contribution is -2.19. The third-order valence-electron chi connectivity index (χ3n) is 3.89. The molecule has 0 spiro atoms. The Hall–Kier alpha value is -3.48. The number of hydrogen-bond acceptors (Lipinski definition) is 7. The van der Waals surface area contributed by atoms with E-state index in [0.717, 1.165) is 22.0 Å². The summed E-state index contributed by atoms with van der Waals surface area (Å²) in [5.41, 5.74) is 2.67. The number of ether oxygens (including phenoxy) is 2. The van der Waals surface area contributed by atoms with Crippen LogP contribution in [-0.4, -0.2) is 35.4 Å². The van der Waals surface area contributed by atoms with Crippen molar-refractivity contribution in [3.8, 4) is 17.1 Å². The van der Waals surface area contributed by atoms with Gasteiger partial charge in [0.15, 0.2) is 11.7 Å². The Morgan fingerprint density at radius 1 is 1.11 bits per heavy atom. The van der Waals surface area contributed by atoms with E-state index in [2.05, 4.69) is 10.3 Å². The van der Waals surface area contributed by atoms with Crippen LogP contribution in [0, 0.1) is 17.7 Å². The van der Waals surface area contributed by atoms with Crippen LogP contribution in [0.1, 0.15) is 12.5 Å². The van der Waals surface area contributed by atoms with Gasteiger partial charge in [-0.05, 0) is 36.8 Å². The highest BCUT2D eigenvalue weighted by atomic mass is 16.5. The first kappa shape index (κ1) is 18.3. The second kappa shape index (κ2) is 7.82. The van der Waals surface area contributed by atoms with Gasteiger partial charge in [0.25, 0.3) is 0 Å². The molecule has 0 unspecified atom stereocenters. The Balaban J connectivity index is 2.05. The third-order valence-corrected chi connectivity index (χ3v) is 3.89. The number of para-hydroxylation sites is 1. The number of hydrogen-bond donors (Lipinski definition) is 3. The molecule has 0 radical (unpaired) electrons. The number of anilines is 1. The minimum absolute atomic E-state index is 0.0281. The summed E-state index contributed by atoms with van der Waals surface area (Å²) in [6, 6.07) is 13.5. The number of fused-ring (bicyclic) bond motifs is 1. The summed E-state index contributed by atoms with van der Waals surface area (Å²) in [6.07, 6.45) is 0. The van der Waals surface area contributed by atoms with E-state index in [0.29, 0.717) is 17.4 Å². The second-order valence-electron chi connectivity index (χ2n) is 6.05. The molecule has 3 N–H and O–H groups in total. The van der Waals surface area contributed by atoms with E-state index in [1.54, 1.807) is 7.11 Å². The van der Waals surface area contributed by atoms with Crippen LogP contribution in [0.25, 0.3) is 22.3 Å². The van der Waals surface area contributed by atoms with Crippen molar-refractivity contribution in [1.82, 2.24) is 9.97 Å². The van der Waals surface area contributed by atoms with Crippen molar-refractivity contribution in [3.63, 3.8) is 0 Å². The first-order valence-corrected chi connectivity index (χ1v) is 8.44. The lowest BCUT2D eigenvalue weighted by molar-refractivity contribution is 0.416. The summed E-state index contributed by atoms with van der Waals surface area (Å²) in [7, 11) is 1.61. The van der Waals surface area contributed by atoms with Crippen LogP contribution in [0.5, 0.6) is 5.75 Å². The van der Waals surface area contributed by atoms with Gasteiger partial charge in [0.1, 0.15) is 11.6 Å². The van der Waals surface area contributed by atoms with Crippen molar-refractivity contribution in [2.45, 2.75) is 13.8 Å². The van der Waals surface area contributed by atoms with E-state index in [1.807, 2.05) is 49.4 Å². The number of nitrogens with one attached hydrogen (secondary N) is 3. The van der Waals surface area contributed by atoms with Gasteiger partial charge >= 0.3 is 0 Å². The quantitative estimate of drug-likeness (QED) is 0.469. The summed E-state index contributed by atoms with van der Waals surface area (Å²) in [5, 5.41) is 19.1. The molecular weight excluding hydrogens is 342 g/mol. The van der Waals surface area contributed by atoms with E-state index in [9.17, 15) is 0 Å². The Morgan fingerprint density at radius 2 is 1.89 bits per heavy atom. The van der Waals surface area contributed by atoms with Gasteiger partial charge in [-0.15, -0.1) is 0 Å². The zero-order valence-electron chi connectivity index (χ0n) is 15.5. The second-order valence-corrected chi connectivity index (χ2v) is 6.05. The van der Waals surface area contributed by atoms with Crippen LogP contribution in [0.3, 0.4) is 0 Å². The van der Waals surface area contributed by atoms with E-state index in [-0.39, 0.29) is 18.3 Å². The lowest BCUT2D eigenvalue weighted by atomic mass is 10.1. The molecule has 138 valence electrons. The van der Waals surface area contributed by atoms with Gasteiger partial charge in [0, 0.05) is 12.3 Å². The van der Waals surface area contributed by atoms with Gasteiger partial charge in [-0.1, -0.05) is 18.2 Å². The Kier molecular flexibility index (Phi) is 5.30. The highest BCUT2D eigenvalue weighted by Crippen LogP contribution is 2.30. The predicted molar refractivity (Wildman–Crippen MR) is 107 cm³/mol. The van der Waals surface area contributed by atoms with Gasteiger partial charge in [0.05, 0.1) is 24.7 Å². The fourth-order valence-electron chi connectivity index (χ4n) is 2.71. The molecule has 0 amide bonds. The van der Waals surface area contributed by atoms with E-state index in [1.165, 1.54) is 6.92 Å². The maximum Gasteiger partial charge on any atom is 0.208 e. The summed E-state index contributed by atoms with van der Waals surface area (Å²) < 4.78 is 10.4. The number of methoxy groups -OCH3 is 1. The van der Waals surface area contributed by atoms with E-state index >= 15 is 0 Å². The number of aryl methyl sites for hydroxylation is 1. The Morgan fingerprint density at radius 3 is 2.63 bits per heavy atom. The molecule has 0 bridgehead atoms. The maximum atomic E-state index is 7.80. The zero-order valence-corrected chi connectivity index (χ0v) is 15.5. The smallest absolute Gasteiger partial charge is 0.208 e. The van der Waals surface area contributed by atoms with Crippen LogP contribution in [0.15, 0.2) is 42.5 Å². The molecule has 0 aliphatic carbocycles. The molecule has 27 heavy (non-hydrogen) atoms. The SMILES string of the molecule is COc1ccccc1-c1nc(NCC(=N)OC(C)=N)c2ccc(C)cc2n1. The van der Waals surface area contributed by atoms with E-state index < -0.39 is 0 Å². The van der Waals surface area contributed by atoms with Gasteiger partial charge < -0.3 is 14.8 Å². The van der Waals surface area contributed by atoms with Gasteiger partial charge in [-0.2, -0.15) is 0 Å². The molecule has 7 heteroatoms. The number of nitrogens with zero attached hydrogens (tertiary/aromatic N) is 2. The molecule has 1 aromatic heterocycles. The zero-order chi connectivity index (χ0) is 19.4. The predicted octanol–water partition coefficient (Wildman–Crippen LogP) is 4.02. The standard InChI is InChI=1S/C20H21N5O2/c1-12-8-9-14-16(10-12)24-20(15-6-4-5-7-17(15)26-3)25-19(14)23-11-18(22)27-13(2)21/h4-10,21-22H,11H2,1-3H3,(H,23,24,25). The normalized spacial score (nSPS) is 10.5. The largest absolute Gasteiger partial charge is 0.496 e. The molecule has 0 saturated carbocycles. The fourth-order valence-corrected chi connectivity index (χ4v) is 2.71. The molecule has 0 saturated heterocycles. The fraction of sp³-hybridized carbons (Fsp3) is 0.200. The molecule has 0 aliphatic rings. The van der Waals surface area contributed by atoms with Gasteiger partial charge in [0.2, 0.25) is 5.90 Å². The highest BCUT2D eigenvalue weighted by molar-refractivity contribution is 5.94. The van der Waals surface area contributed by atoms with Crippen LogP contribution in [0.4, 0.5) is 5.82 Å². The molecule has 0 fully saturated rings. The molecular formula is C20H21N5O2. The van der Waals surface area contributed by atoms with Crippen molar-refractivity contribution in [3.05, 3.63) is 48.0 Å². The van der Waals surface area contributed by atoms with Gasteiger partial charge in [-0.3, -0.25) is 10.8 Å². The number of aromatic nitrogens is 2. The summed E-state index contributed by atoms with van der Waals surface area (Å²) >= 11 is 0. The average Bonchev–Trinajstić information content (AvgIpc) is 2.65. The monoisotopic (exact) mass is 363 g/mol. The first-order chi connectivity index (χ1) is 13.0. The number of rotatable bonds is 5. The van der Waals surface area contributed by atoms with Crippen molar-refractivity contribution in [2.75, 3.05) is 19.0 Å². The van der Waals surface area contributed by atoms with Crippen molar-refractivity contribution in [1.29, 1.82) is 10.8 Å². The molecule has 2 aromatic carbocycles. The first-order valence-electron chi connectivity index (χ1n) is 8.44. The molecule has 3 aromatic rings. The topological polar surface area (TPSA) is 104 Å². The number of benzene rings is 2. The summed E-state index contributed by atoms with van der Waals surface area (Å²) in [6.45, 7) is 3.60. The van der Waals surface area contributed by atoms with E-state index in [4.69, 9.17) is 25.3 Å². The third kappa shape index (κ3) is 4.20. The Bertz CT molecular complexity index is 1020. The molecule has 0 atom stereocenters. The minimum Gasteiger partial charge on any atom is -0.496 e. The molecule has 0 aliphatic heterocycles. The van der Waals surface area contributed by atoms with Crippen molar-refractivity contribution < 1.29 is 9.47 Å². The highest BCUT2D eigenvalue weighted by Gasteiger charge is 2.13. The summed E-state index contributed by atoms with van der Waals surface area (Å²) in [5.74, 6) is 1.73. The molecule has 1 heterocycles. The van der Waals surface area contributed by atoms with Crippen LogP contribution in [-0.2, 0) is 4.74 Å². The lowest BCUT2D eigenvalue weighted by Gasteiger charge is -2.13. The maximum absolute atomic E-state index is 7.80. The van der Waals surface area contributed by atoms with Gasteiger partial charge in [-0.25, -0.2) is 9.97 Å². The molecule has 7 nitrogen and oxygen atoms in total.